The topological polar surface area (TPSA) is 69.0 Å². The number of thioether (sulfide) groups is 1. The third kappa shape index (κ3) is 3.93. The normalized spacial score (nSPS) is 19.2. The molecule has 0 N–H and O–H groups in total. The molecule has 2 aromatic rings. The van der Waals surface area contributed by atoms with Crippen LogP contribution in [0.15, 0.2) is 29.4 Å². The van der Waals surface area contributed by atoms with Gasteiger partial charge in [0, 0.05) is 29.2 Å². The quantitative estimate of drug-likeness (QED) is 0.569. The fraction of sp³-hybridized carbons (Fsp3) is 0.412. The van der Waals surface area contributed by atoms with Gasteiger partial charge in [-0.15, -0.1) is 0 Å². The summed E-state index contributed by atoms with van der Waals surface area (Å²) in [4.78, 5) is 16.8. The zero-order chi connectivity index (χ0) is 18.2. The van der Waals surface area contributed by atoms with Gasteiger partial charge in [0.25, 0.3) is 0 Å². The van der Waals surface area contributed by atoms with E-state index < -0.39 is 9.84 Å². The predicted octanol–water partition coefficient (Wildman–Crippen LogP) is 3.49. The molecule has 0 saturated carbocycles. The first kappa shape index (κ1) is 18.5. The number of carbonyl (C=O) groups excluding carboxylic acids is 1. The van der Waals surface area contributed by atoms with Gasteiger partial charge in [-0.1, -0.05) is 23.4 Å². The number of Topliss-reactive ketones (excluding diaryl/α,β-unsaturated/α-hetero) is 1. The van der Waals surface area contributed by atoms with Crippen molar-refractivity contribution in [1.29, 1.82) is 0 Å². The number of pyridine rings is 1. The first-order chi connectivity index (χ1) is 11.8. The minimum absolute atomic E-state index is 0.00748. The highest BCUT2D eigenvalue weighted by atomic mass is 35.5. The van der Waals surface area contributed by atoms with Crippen LogP contribution in [0.4, 0.5) is 0 Å². The molecule has 5 nitrogen and oxygen atoms in total. The second kappa shape index (κ2) is 7.13. The summed E-state index contributed by atoms with van der Waals surface area (Å²) in [6.45, 7) is 3.79. The van der Waals surface area contributed by atoms with Crippen molar-refractivity contribution in [2.75, 3.05) is 17.3 Å². The lowest BCUT2D eigenvalue weighted by atomic mass is 10.2. The molecule has 1 fully saturated rings. The fourth-order valence-electron chi connectivity index (χ4n) is 3.29. The number of aromatic nitrogens is 2. The summed E-state index contributed by atoms with van der Waals surface area (Å²) in [5.41, 5.74) is 2.39. The van der Waals surface area contributed by atoms with Gasteiger partial charge in [0.05, 0.1) is 22.3 Å². The minimum atomic E-state index is -2.97. The summed E-state index contributed by atoms with van der Waals surface area (Å²) >= 11 is 7.38. The van der Waals surface area contributed by atoms with Crippen molar-refractivity contribution in [2.45, 2.75) is 31.3 Å². The highest BCUT2D eigenvalue weighted by Crippen LogP contribution is 2.30. The molecule has 0 radical (unpaired) electrons. The van der Waals surface area contributed by atoms with Gasteiger partial charge in [-0.25, -0.2) is 13.4 Å². The van der Waals surface area contributed by atoms with Crippen molar-refractivity contribution in [2.24, 2.45) is 0 Å². The average Bonchev–Trinajstić information content (AvgIpc) is 3.05. The van der Waals surface area contributed by atoms with Crippen LogP contribution < -0.4 is 0 Å². The Balaban J connectivity index is 1.78. The summed E-state index contributed by atoms with van der Waals surface area (Å²) in [6, 6.07) is 5.26. The molecule has 2 aromatic heterocycles. The van der Waals surface area contributed by atoms with Crippen molar-refractivity contribution in [3.63, 3.8) is 0 Å². The van der Waals surface area contributed by atoms with Crippen LogP contribution in [0.3, 0.4) is 0 Å². The number of nitrogens with zero attached hydrogens (tertiary/aromatic N) is 2. The molecule has 1 unspecified atom stereocenters. The molecule has 0 spiro atoms. The molecule has 3 rings (SSSR count). The third-order valence-corrected chi connectivity index (χ3v) is 7.60. The summed E-state index contributed by atoms with van der Waals surface area (Å²) in [7, 11) is -2.97. The maximum absolute atomic E-state index is 12.6. The monoisotopic (exact) mass is 398 g/mol. The van der Waals surface area contributed by atoms with E-state index in [1.54, 1.807) is 18.3 Å². The lowest BCUT2D eigenvalue weighted by Gasteiger charge is -2.16. The lowest BCUT2D eigenvalue weighted by molar-refractivity contribution is 0.102. The number of halogens is 1. The Morgan fingerprint density at radius 1 is 1.44 bits per heavy atom. The molecule has 134 valence electrons. The largest absolute Gasteiger partial charge is 0.344 e. The Morgan fingerprint density at radius 3 is 2.84 bits per heavy atom. The first-order valence-corrected chi connectivity index (χ1v) is 11.1. The van der Waals surface area contributed by atoms with Crippen molar-refractivity contribution in [3.05, 3.63) is 46.4 Å². The lowest BCUT2D eigenvalue weighted by Crippen LogP contribution is -2.14. The van der Waals surface area contributed by atoms with E-state index in [-0.39, 0.29) is 29.1 Å². The highest BCUT2D eigenvalue weighted by molar-refractivity contribution is 8.00. The first-order valence-electron chi connectivity index (χ1n) is 7.94. The maximum Gasteiger partial charge on any atom is 0.174 e. The Labute approximate surface area is 156 Å². The summed E-state index contributed by atoms with van der Waals surface area (Å²) in [5, 5.41) is 1.16. The predicted molar refractivity (Wildman–Crippen MR) is 101 cm³/mol. The summed E-state index contributed by atoms with van der Waals surface area (Å²) < 4.78 is 25.5. The number of carbonyl (C=O) groups is 1. The van der Waals surface area contributed by atoms with Gasteiger partial charge < -0.3 is 4.57 Å². The van der Waals surface area contributed by atoms with E-state index in [2.05, 4.69) is 4.98 Å². The molecule has 1 aliphatic rings. The van der Waals surface area contributed by atoms with Crippen molar-refractivity contribution in [1.82, 2.24) is 9.55 Å². The number of ketones is 1. The molecule has 1 atom stereocenters. The van der Waals surface area contributed by atoms with Crippen LogP contribution in [0.25, 0.3) is 0 Å². The summed E-state index contributed by atoms with van der Waals surface area (Å²) in [5.74, 6) is 0.595. The van der Waals surface area contributed by atoms with E-state index in [1.807, 2.05) is 24.5 Å². The standard InChI is InChI=1S/C17H19ClN2O3S2/c1-11-8-14(12(2)20(11)13-5-7-25(22,23)10-13)16(21)9-24-17-15(18)4-3-6-19-17/h3-4,6,8,13H,5,7,9-10H2,1-2H3. The van der Waals surface area contributed by atoms with Crippen molar-refractivity contribution in [3.8, 4) is 0 Å². The SMILES string of the molecule is Cc1cc(C(=O)CSc2ncccc2Cl)c(C)n1C1CCS(=O)(=O)C1. The second-order valence-corrected chi connectivity index (χ2v) is 9.81. The highest BCUT2D eigenvalue weighted by Gasteiger charge is 2.31. The zero-order valence-electron chi connectivity index (χ0n) is 14.0. The molecule has 0 amide bonds. The van der Waals surface area contributed by atoms with E-state index >= 15 is 0 Å². The van der Waals surface area contributed by atoms with Crippen LogP contribution in [0.5, 0.6) is 0 Å². The van der Waals surface area contributed by atoms with E-state index in [0.29, 0.717) is 22.0 Å². The van der Waals surface area contributed by atoms with Gasteiger partial charge in [0.2, 0.25) is 0 Å². The molecule has 3 heterocycles. The number of aryl methyl sites for hydroxylation is 1. The van der Waals surface area contributed by atoms with Gasteiger partial charge in [-0.05, 0) is 38.5 Å². The van der Waals surface area contributed by atoms with Crippen LogP contribution in [-0.2, 0) is 9.84 Å². The smallest absolute Gasteiger partial charge is 0.174 e. The zero-order valence-corrected chi connectivity index (χ0v) is 16.4. The van der Waals surface area contributed by atoms with Crippen LogP contribution in [0.2, 0.25) is 5.02 Å². The summed E-state index contributed by atoms with van der Waals surface area (Å²) in [6.07, 6.45) is 2.25. The van der Waals surface area contributed by atoms with Gasteiger partial charge in [-0.2, -0.15) is 0 Å². The van der Waals surface area contributed by atoms with Gasteiger partial charge >= 0.3 is 0 Å². The Bertz CT molecular complexity index is 922. The van der Waals surface area contributed by atoms with Crippen molar-refractivity contribution >= 4 is 39.0 Å². The van der Waals surface area contributed by atoms with Gasteiger partial charge in [0.15, 0.2) is 15.6 Å². The Morgan fingerprint density at radius 2 is 2.20 bits per heavy atom. The van der Waals surface area contributed by atoms with Gasteiger partial charge in [0.1, 0.15) is 5.03 Å². The average molecular weight is 399 g/mol. The minimum Gasteiger partial charge on any atom is -0.344 e. The second-order valence-electron chi connectivity index (χ2n) is 6.21. The fourth-order valence-corrected chi connectivity index (χ4v) is 6.04. The Kier molecular flexibility index (Phi) is 5.27. The maximum atomic E-state index is 12.6. The third-order valence-electron chi connectivity index (χ3n) is 4.42. The van der Waals surface area contributed by atoms with Crippen LogP contribution in [-0.4, -0.2) is 41.0 Å². The molecule has 1 aliphatic heterocycles. The number of sulfone groups is 1. The molecule has 0 aromatic carbocycles. The molecule has 8 heteroatoms. The molecule has 0 aliphatic carbocycles. The number of hydrogen-bond acceptors (Lipinski definition) is 5. The molecular weight excluding hydrogens is 380 g/mol. The number of hydrogen-bond donors (Lipinski definition) is 0. The molecular formula is C17H19ClN2O3S2. The molecule has 1 saturated heterocycles. The van der Waals surface area contributed by atoms with E-state index in [4.69, 9.17) is 11.6 Å². The van der Waals surface area contributed by atoms with Crippen molar-refractivity contribution < 1.29 is 13.2 Å². The molecule has 25 heavy (non-hydrogen) atoms. The number of rotatable bonds is 5. The van der Waals surface area contributed by atoms with Crippen LogP contribution in [0, 0.1) is 13.8 Å². The van der Waals surface area contributed by atoms with Crippen LogP contribution in [0.1, 0.15) is 34.2 Å². The molecule has 0 bridgehead atoms. The van der Waals surface area contributed by atoms with E-state index in [0.717, 1.165) is 11.4 Å². The van der Waals surface area contributed by atoms with E-state index in [9.17, 15) is 13.2 Å². The Hall–Kier alpha value is -1.31. The van der Waals surface area contributed by atoms with E-state index in [1.165, 1.54) is 11.8 Å². The van der Waals surface area contributed by atoms with Crippen LogP contribution >= 0.6 is 23.4 Å². The van der Waals surface area contributed by atoms with Gasteiger partial charge in [-0.3, -0.25) is 4.79 Å².